The topological polar surface area (TPSA) is 55.4 Å². The van der Waals surface area contributed by atoms with Crippen molar-refractivity contribution >= 4 is 27.7 Å². The van der Waals surface area contributed by atoms with E-state index < -0.39 is 0 Å². The first-order valence-electron chi connectivity index (χ1n) is 10.3. The maximum absolute atomic E-state index is 13.3. The highest BCUT2D eigenvalue weighted by atomic mass is 79.9. The van der Waals surface area contributed by atoms with Gasteiger partial charge in [-0.3, -0.25) is 4.79 Å². The van der Waals surface area contributed by atoms with Crippen molar-refractivity contribution < 1.29 is 14.3 Å². The number of ether oxygens (including phenoxy) is 1. The average Bonchev–Trinajstić information content (AvgIpc) is 2.68. The fourth-order valence-electron chi connectivity index (χ4n) is 4.67. The number of esters is 1. The number of dihydropyridines is 1. The molecule has 1 heterocycles. The molecule has 0 unspecified atom stereocenters. The number of Topliss-reactive ketones (excluding diaryl/α,β-unsaturated/α-hetero) is 1. The van der Waals surface area contributed by atoms with Gasteiger partial charge in [0.05, 0.1) is 5.57 Å². The average molecular weight is 444 g/mol. The molecular formula is C23H26BrNO3. The van der Waals surface area contributed by atoms with Crippen LogP contribution in [0, 0.1) is 0 Å². The van der Waals surface area contributed by atoms with Gasteiger partial charge >= 0.3 is 5.97 Å². The SMILES string of the molecule is CC1=C(C(=O)OC2CCCCC2)[C@@H](c2ccccc2Br)C2=C(CCCC2=O)N1. The van der Waals surface area contributed by atoms with Crippen LogP contribution in [0.1, 0.15) is 69.8 Å². The van der Waals surface area contributed by atoms with E-state index >= 15 is 0 Å². The van der Waals surface area contributed by atoms with Crippen molar-refractivity contribution in [3.63, 3.8) is 0 Å². The van der Waals surface area contributed by atoms with Gasteiger partial charge in [0.25, 0.3) is 0 Å². The summed E-state index contributed by atoms with van der Waals surface area (Å²) < 4.78 is 6.83. The largest absolute Gasteiger partial charge is 0.459 e. The minimum atomic E-state index is -0.379. The van der Waals surface area contributed by atoms with E-state index in [4.69, 9.17) is 4.74 Å². The predicted octanol–water partition coefficient (Wildman–Crippen LogP) is 5.29. The van der Waals surface area contributed by atoms with E-state index in [1.165, 1.54) is 6.42 Å². The van der Waals surface area contributed by atoms with Gasteiger partial charge in [0, 0.05) is 33.8 Å². The van der Waals surface area contributed by atoms with Gasteiger partial charge in [-0.05, 0) is 57.1 Å². The van der Waals surface area contributed by atoms with Crippen LogP contribution in [-0.2, 0) is 14.3 Å². The number of halogens is 1. The zero-order valence-corrected chi connectivity index (χ0v) is 17.8. The summed E-state index contributed by atoms with van der Waals surface area (Å²) in [6.45, 7) is 1.92. The van der Waals surface area contributed by atoms with Gasteiger partial charge in [-0.1, -0.05) is 40.5 Å². The minimum absolute atomic E-state index is 0.0150. The normalized spacial score (nSPS) is 23.4. The number of benzene rings is 1. The van der Waals surface area contributed by atoms with Crippen molar-refractivity contribution in [2.45, 2.75) is 70.3 Å². The molecule has 0 bridgehead atoms. The third kappa shape index (κ3) is 3.69. The van der Waals surface area contributed by atoms with E-state index in [1.807, 2.05) is 31.2 Å². The summed E-state index contributed by atoms with van der Waals surface area (Å²) in [6, 6.07) is 7.86. The second-order valence-corrected chi connectivity index (χ2v) is 8.81. The lowest BCUT2D eigenvalue weighted by Crippen LogP contribution is -2.35. The zero-order chi connectivity index (χ0) is 19.7. The van der Waals surface area contributed by atoms with Crippen LogP contribution in [-0.4, -0.2) is 17.9 Å². The monoisotopic (exact) mass is 443 g/mol. The lowest BCUT2D eigenvalue weighted by atomic mass is 9.75. The summed E-state index contributed by atoms with van der Waals surface area (Å²) in [5.74, 6) is -0.539. The number of ketones is 1. The molecule has 1 aromatic rings. The van der Waals surface area contributed by atoms with Gasteiger partial charge in [-0.25, -0.2) is 4.79 Å². The number of rotatable bonds is 3. The van der Waals surface area contributed by atoms with E-state index in [-0.39, 0.29) is 23.8 Å². The van der Waals surface area contributed by atoms with E-state index in [1.54, 1.807) is 0 Å². The maximum atomic E-state index is 13.3. The molecule has 0 radical (unpaired) electrons. The predicted molar refractivity (Wildman–Crippen MR) is 112 cm³/mol. The van der Waals surface area contributed by atoms with Gasteiger partial charge in [0.2, 0.25) is 0 Å². The number of nitrogens with one attached hydrogen (secondary N) is 1. The molecule has 0 spiro atoms. The Morgan fingerprint density at radius 2 is 1.86 bits per heavy atom. The number of hydrogen-bond acceptors (Lipinski definition) is 4. The number of hydrogen-bond donors (Lipinski definition) is 1. The minimum Gasteiger partial charge on any atom is -0.459 e. The van der Waals surface area contributed by atoms with E-state index in [0.29, 0.717) is 12.0 Å². The van der Waals surface area contributed by atoms with Gasteiger partial charge in [-0.2, -0.15) is 0 Å². The van der Waals surface area contributed by atoms with Gasteiger partial charge in [0.15, 0.2) is 5.78 Å². The van der Waals surface area contributed by atoms with Crippen LogP contribution in [0.5, 0.6) is 0 Å². The molecule has 4 nitrogen and oxygen atoms in total. The summed E-state index contributed by atoms with van der Waals surface area (Å²) in [5, 5.41) is 3.36. The zero-order valence-electron chi connectivity index (χ0n) is 16.2. The van der Waals surface area contributed by atoms with Crippen LogP contribution >= 0.6 is 15.9 Å². The molecule has 3 aliphatic rings. The molecule has 148 valence electrons. The Labute approximate surface area is 174 Å². The lowest BCUT2D eigenvalue weighted by Gasteiger charge is -2.35. The Hall–Kier alpha value is -1.88. The molecule has 0 amide bonds. The first-order chi connectivity index (χ1) is 13.6. The van der Waals surface area contributed by atoms with Crippen LogP contribution in [0.4, 0.5) is 0 Å². The van der Waals surface area contributed by atoms with Crippen LogP contribution in [0.25, 0.3) is 0 Å². The highest BCUT2D eigenvalue weighted by Crippen LogP contribution is 2.44. The van der Waals surface area contributed by atoms with Crippen LogP contribution < -0.4 is 5.32 Å². The van der Waals surface area contributed by atoms with E-state index in [2.05, 4.69) is 21.2 Å². The van der Waals surface area contributed by atoms with E-state index in [0.717, 1.165) is 65.5 Å². The van der Waals surface area contributed by atoms with Crippen molar-refractivity contribution in [3.8, 4) is 0 Å². The van der Waals surface area contributed by atoms with Gasteiger partial charge in [-0.15, -0.1) is 0 Å². The molecular weight excluding hydrogens is 418 g/mol. The second kappa shape index (κ2) is 8.24. The maximum Gasteiger partial charge on any atom is 0.337 e. The fourth-order valence-corrected chi connectivity index (χ4v) is 5.19. The highest BCUT2D eigenvalue weighted by Gasteiger charge is 2.40. The molecule has 0 saturated heterocycles. The Kier molecular flexibility index (Phi) is 5.72. The summed E-state index contributed by atoms with van der Waals surface area (Å²) in [6.07, 6.45) is 7.49. The van der Waals surface area contributed by atoms with E-state index in [9.17, 15) is 9.59 Å². The summed E-state index contributed by atoms with van der Waals surface area (Å²) >= 11 is 3.63. The number of carbonyl (C=O) groups excluding carboxylic acids is 2. The third-order valence-electron chi connectivity index (χ3n) is 6.04. The molecule has 1 saturated carbocycles. The molecule has 1 aliphatic heterocycles. The second-order valence-electron chi connectivity index (χ2n) is 7.95. The molecule has 0 aromatic heterocycles. The molecule has 5 heteroatoms. The lowest BCUT2D eigenvalue weighted by molar-refractivity contribution is -0.146. The number of carbonyl (C=O) groups is 2. The molecule has 1 atom stereocenters. The molecule has 1 fully saturated rings. The van der Waals surface area contributed by atoms with Crippen LogP contribution in [0.3, 0.4) is 0 Å². The quantitative estimate of drug-likeness (QED) is 0.644. The third-order valence-corrected chi connectivity index (χ3v) is 6.76. The van der Waals surface area contributed by atoms with Crippen molar-refractivity contribution in [1.82, 2.24) is 5.32 Å². The molecule has 4 rings (SSSR count). The summed E-state index contributed by atoms with van der Waals surface area (Å²) in [4.78, 5) is 26.2. The highest BCUT2D eigenvalue weighted by molar-refractivity contribution is 9.10. The van der Waals surface area contributed by atoms with Crippen molar-refractivity contribution in [2.24, 2.45) is 0 Å². The van der Waals surface area contributed by atoms with Crippen molar-refractivity contribution in [3.05, 3.63) is 56.8 Å². The Balaban J connectivity index is 1.75. The summed E-state index contributed by atoms with van der Waals surface area (Å²) in [5.41, 5.74) is 4.02. The first-order valence-corrected chi connectivity index (χ1v) is 11.0. The Bertz CT molecular complexity index is 864. The number of allylic oxidation sites excluding steroid dienone is 3. The van der Waals surface area contributed by atoms with Crippen molar-refractivity contribution in [2.75, 3.05) is 0 Å². The van der Waals surface area contributed by atoms with Gasteiger partial charge in [0.1, 0.15) is 6.10 Å². The van der Waals surface area contributed by atoms with Crippen LogP contribution in [0.2, 0.25) is 0 Å². The smallest absolute Gasteiger partial charge is 0.337 e. The van der Waals surface area contributed by atoms with Gasteiger partial charge < -0.3 is 10.1 Å². The molecule has 1 N–H and O–H groups in total. The van der Waals surface area contributed by atoms with Crippen LogP contribution in [0.15, 0.2) is 51.3 Å². The standard InChI is InChI=1S/C23H26BrNO3/c1-14-20(23(27)28-15-8-3-2-4-9-15)21(16-10-5-6-11-17(16)24)22-18(25-14)12-7-13-19(22)26/h5-6,10-11,15,21,25H,2-4,7-9,12-13H2,1H3/t21-/m1/s1. The molecule has 28 heavy (non-hydrogen) atoms. The fraction of sp³-hybridized carbons (Fsp3) is 0.478. The first kappa shape index (κ1) is 19.4. The van der Waals surface area contributed by atoms with Crippen molar-refractivity contribution in [1.29, 1.82) is 0 Å². The molecule has 1 aromatic carbocycles. The Morgan fingerprint density at radius 3 is 2.61 bits per heavy atom. The Morgan fingerprint density at radius 1 is 1.11 bits per heavy atom. The summed E-state index contributed by atoms with van der Waals surface area (Å²) in [7, 11) is 0. The molecule has 2 aliphatic carbocycles.